The first-order valence-electron chi connectivity index (χ1n) is 10.3. The predicted octanol–water partition coefficient (Wildman–Crippen LogP) is 1.54. The number of thiophene rings is 1. The molecule has 1 N–H and O–H groups in total. The molecule has 12 heteroatoms. The highest BCUT2D eigenvalue weighted by molar-refractivity contribution is 7.92. The van der Waals surface area contributed by atoms with Crippen LogP contribution in [0.25, 0.3) is 5.57 Å². The van der Waals surface area contributed by atoms with Crippen LogP contribution in [-0.2, 0) is 29.1 Å². The zero-order chi connectivity index (χ0) is 23.5. The zero-order valence-electron chi connectivity index (χ0n) is 18.2. The Morgan fingerprint density at radius 2 is 2.03 bits per heavy atom. The van der Waals surface area contributed by atoms with E-state index in [1.54, 1.807) is 30.9 Å². The van der Waals surface area contributed by atoms with Crippen molar-refractivity contribution in [2.75, 3.05) is 40.0 Å². The van der Waals surface area contributed by atoms with E-state index in [0.717, 1.165) is 10.3 Å². The summed E-state index contributed by atoms with van der Waals surface area (Å²) in [7, 11) is -2.41. The van der Waals surface area contributed by atoms with Gasteiger partial charge in [-0.05, 0) is 38.0 Å². The summed E-state index contributed by atoms with van der Waals surface area (Å²) < 4.78 is 39.1. The molecule has 0 spiro atoms. The number of ether oxygens (including phenoxy) is 2. The highest BCUT2D eigenvalue weighted by atomic mass is 35.5. The van der Waals surface area contributed by atoms with Crippen LogP contribution in [0.2, 0.25) is 4.34 Å². The SMILES string of the molecule is CO[C@H](C)[C@@H](C(=O)N1CCOCC1)N1CC[C@H](NS(=O)(=O)/C=C(/C)c2ccc(Cl)s2)C1=O. The fourth-order valence-corrected chi connectivity index (χ4v) is 6.19. The van der Waals surface area contributed by atoms with Gasteiger partial charge in [0.05, 0.1) is 29.1 Å². The van der Waals surface area contributed by atoms with Gasteiger partial charge in [-0.25, -0.2) is 8.42 Å². The van der Waals surface area contributed by atoms with Crippen LogP contribution in [0.3, 0.4) is 0 Å². The minimum Gasteiger partial charge on any atom is -0.379 e. The standard InChI is InChI=1S/C20H28ClN3O6S2/c1-13(16-4-5-17(21)31-16)12-32(27,28)22-15-6-7-24(19(15)25)18(14(2)29-3)20(26)23-8-10-30-11-9-23/h4-5,12,14-15,18,22H,6-11H2,1-3H3/b13-12-/t14-,15+,18+/m1/s1. The molecule has 178 valence electrons. The minimum absolute atomic E-state index is 0.218. The van der Waals surface area contributed by atoms with Crippen molar-refractivity contribution in [3.63, 3.8) is 0 Å². The van der Waals surface area contributed by atoms with Gasteiger partial charge < -0.3 is 19.3 Å². The van der Waals surface area contributed by atoms with Crippen molar-refractivity contribution in [2.45, 2.75) is 38.5 Å². The summed E-state index contributed by atoms with van der Waals surface area (Å²) in [4.78, 5) is 30.1. The molecule has 1 aromatic heterocycles. The second kappa shape index (κ2) is 10.6. The van der Waals surface area contributed by atoms with Crippen LogP contribution in [0.5, 0.6) is 0 Å². The Morgan fingerprint density at radius 3 is 2.62 bits per heavy atom. The van der Waals surface area contributed by atoms with Gasteiger partial charge >= 0.3 is 0 Å². The molecule has 0 saturated carbocycles. The van der Waals surface area contributed by atoms with Gasteiger partial charge in [0, 0.05) is 31.6 Å². The molecule has 0 radical (unpaired) electrons. The molecular weight excluding hydrogens is 478 g/mol. The quantitative estimate of drug-likeness (QED) is 0.574. The van der Waals surface area contributed by atoms with E-state index in [-0.39, 0.29) is 18.9 Å². The number of carbonyl (C=O) groups excluding carboxylic acids is 2. The van der Waals surface area contributed by atoms with E-state index in [0.29, 0.717) is 36.2 Å². The summed E-state index contributed by atoms with van der Waals surface area (Å²) in [6, 6.07) is 1.66. The van der Waals surface area contributed by atoms with Gasteiger partial charge in [0.15, 0.2) is 0 Å². The third-order valence-electron chi connectivity index (χ3n) is 5.57. The molecular formula is C20H28ClN3O6S2. The maximum atomic E-state index is 13.2. The highest BCUT2D eigenvalue weighted by Gasteiger charge is 2.44. The Kier molecular flexibility index (Phi) is 8.34. The van der Waals surface area contributed by atoms with Gasteiger partial charge in [0.25, 0.3) is 0 Å². The molecule has 0 aliphatic carbocycles. The Labute approximate surface area is 197 Å². The van der Waals surface area contributed by atoms with Gasteiger partial charge in [0.2, 0.25) is 21.8 Å². The van der Waals surface area contributed by atoms with Crippen molar-refractivity contribution in [3.05, 3.63) is 26.8 Å². The van der Waals surface area contributed by atoms with Gasteiger partial charge in [-0.1, -0.05) is 11.6 Å². The monoisotopic (exact) mass is 505 g/mol. The predicted molar refractivity (Wildman–Crippen MR) is 123 cm³/mol. The Morgan fingerprint density at radius 1 is 1.34 bits per heavy atom. The normalized spacial score (nSPS) is 22.3. The molecule has 1 aromatic rings. The lowest BCUT2D eigenvalue weighted by atomic mass is 10.1. The summed E-state index contributed by atoms with van der Waals surface area (Å²) in [6.07, 6.45) is -0.283. The first-order valence-corrected chi connectivity index (χ1v) is 13.0. The number of rotatable bonds is 8. The first kappa shape index (κ1) is 25.1. The van der Waals surface area contributed by atoms with Crippen molar-refractivity contribution in [3.8, 4) is 0 Å². The number of likely N-dealkylation sites (tertiary alicyclic amines) is 1. The number of hydrogen-bond acceptors (Lipinski definition) is 7. The van der Waals surface area contributed by atoms with Crippen LogP contribution in [-0.4, -0.2) is 88.2 Å². The summed E-state index contributed by atoms with van der Waals surface area (Å²) in [5.41, 5.74) is 0.519. The van der Waals surface area contributed by atoms with E-state index in [1.807, 2.05) is 0 Å². The number of carbonyl (C=O) groups is 2. The van der Waals surface area contributed by atoms with Crippen LogP contribution in [0, 0.1) is 0 Å². The second-order valence-electron chi connectivity index (χ2n) is 7.76. The van der Waals surface area contributed by atoms with Crippen molar-refractivity contribution in [1.82, 2.24) is 14.5 Å². The van der Waals surface area contributed by atoms with Crippen molar-refractivity contribution in [1.29, 1.82) is 0 Å². The number of halogens is 1. The van der Waals surface area contributed by atoms with E-state index in [9.17, 15) is 18.0 Å². The van der Waals surface area contributed by atoms with E-state index in [4.69, 9.17) is 21.1 Å². The fourth-order valence-electron chi connectivity index (χ4n) is 3.82. The van der Waals surface area contributed by atoms with Gasteiger partial charge in [-0.2, -0.15) is 4.72 Å². The van der Waals surface area contributed by atoms with Gasteiger partial charge in [-0.3, -0.25) is 9.59 Å². The lowest BCUT2D eigenvalue weighted by Gasteiger charge is -2.36. The largest absolute Gasteiger partial charge is 0.379 e. The lowest BCUT2D eigenvalue weighted by Crippen LogP contribution is -2.57. The molecule has 2 amide bonds. The third-order valence-corrected chi connectivity index (χ3v) is 8.21. The summed E-state index contributed by atoms with van der Waals surface area (Å²) in [5, 5.41) is 1.10. The van der Waals surface area contributed by atoms with Crippen molar-refractivity contribution >= 4 is 50.3 Å². The fraction of sp³-hybridized carbons (Fsp3) is 0.600. The molecule has 9 nitrogen and oxygen atoms in total. The lowest BCUT2D eigenvalue weighted by molar-refractivity contribution is -0.152. The summed E-state index contributed by atoms with van der Waals surface area (Å²) in [5.74, 6) is -0.654. The van der Waals surface area contributed by atoms with Crippen molar-refractivity contribution < 1.29 is 27.5 Å². The van der Waals surface area contributed by atoms with Crippen LogP contribution in [0.4, 0.5) is 0 Å². The Hall–Kier alpha value is -1.50. The molecule has 0 unspecified atom stereocenters. The molecule has 0 bridgehead atoms. The molecule has 2 aliphatic rings. The molecule has 2 aliphatic heterocycles. The van der Waals surface area contributed by atoms with Gasteiger partial charge in [-0.15, -0.1) is 11.3 Å². The maximum absolute atomic E-state index is 13.2. The van der Waals surface area contributed by atoms with Gasteiger partial charge in [0.1, 0.15) is 12.1 Å². The molecule has 0 aromatic carbocycles. The molecule has 2 saturated heterocycles. The number of sulfonamides is 1. The molecule has 2 fully saturated rings. The van der Waals surface area contributed by atoms with Crippen LogP contribution in [0.15, 0.2) is 17.5 Å². The Balaban J connectivity index is 1.73. The molecule has 3 rings (SSSR count). The minimum atomic E-state index is -3.89. The average Bonchev–Trinajstić information content (AvgIpc) is 3.34. The number of nitrogens with one attached hydrogen (secondary N) is 1. The number of methoxy groups -OCH3 is 1. The Bertz CT molecular complexity index is 974. The van der Waals surface area contributed by atoms with E-state index >= 15 is 0 Å². The number of allylic oxidation sites excluding steroid dienone is 1. The van der Waals surface area contributed by atoms with E-state index < -0.39 is 34.1 Å². The average molecular weight is 506 g/mol. The second-order valence-corrected chi connectivity index (χ2v) is 11.0. The van der Waals surface area contributed by atoms with Crippen LogP contribution < -0.4 is 4.72 Å². The van der Waals surface area contributed by atoms with Crippen molar-refractivity contribution in [2.24, 2.45) is 0 Å². The topological polar surface area (TPSA) is 105 Å². The number of morpholine rings is 1. The number of hydrogen-bond donors (Lipinski definition) is 1. The smallest absolute Gasteiger partial charge is 0.248 e. The van der Waals surface area contributed by atoms with E-state index in [2.05, 4.69) is 4.72 Å². The van der Waals surface area contributed by atoms with Crippen LogP contribution in [0.1, 0.15) is 25.1 Å². The molecule has 3 atom stereocenters. The van der Waals surface area contributed by atoms with E-state index in [1.165, 1.54) is 23.3 Å². The molecule has 3 heterocycles. The highest BCUT2D eigenvalue weighted by Crippen LogP contribution is 2.28. The zero-order valence-corrected chi connectivity index (χ0v) is 20.6. The summed E-state index contributed by atoms with van der Waals surface area (Å²) in [6.45, 7) is 5.42. The maximum Gasteiger partial charge on any atom is 0.248 e. The molecule has 32 heavy (non-hydrogen) atoms. The number of amides is 2. The van der Waals surface area contributed by atoms with Crippen LogP contribution >= 0.6 is 22.9 Å². The number of nitrogens with zero attached hydrogens (tertiary/aromatic N) is 2. The first-order chi connectivity index (χ1) is 15.1. The third kappa shape index (κ3) is 5.89. The summed E-state index contributed by atoms with van der Waals surface area (Å²) >= 11 is 7.20.